The summed E-state index contributed by atoms with van der Waals surface area (Å²) in [6.07, 6.45) is 4.09. The van der Waals surface area contributed by atoms with Gasteiger partial charge in [0.15, 0.2) is 0 Å². The number of nitrogens with one attached hydrogen (secondary N) is 1. The second-order valence-electron chi connectivity index (χ2n) is 6.03. The molecule has 0 aliphatic carbocycles. The van der Waals surface area contributed by atoms with Crippen molar-refractivity contribution in [1.82, 2.24) is 4.57 Å². The van der Waals surface area contributed by atoms with Crippen molar-refractivity contribution < 1.29 is 8.42 Å². The van der Waals surface area contributed by atoms with Crippen LogP contribution >= 0.6 is 0 Å². The second-order valence-corrected chi connectivity index (χ2v) is 7.78. The Hall–Kier alpha value is -2.27. The van der Waals surface area contributed by atoms with Gasteiger partial charge in [0.25, 0.3) is 0 Å². The van der Waals surface area contributed by atoms with E-state index in [1.54, 1.807) is 6.07 Å². The first-order chi connectivity index (χ1) is 10.8. The fourth-order valence-electron chi connectivity index (χ4n) is 2.82. The van der Waals surface area contributed by atoms with E-state index in [9.17, 15) is 8.42 Å². The molecule has 2 aromatic carbocycles. The molecule has 0 amide bonds. The summed E-state index contributed by atoms with van der Waals surface area (Å²) in [7, 11) is -1.27. The van der Waals surface area contributed by atoms with Gasteiger partial charge in [-0.25, -0.2) is 8.42 Å². The highest BCUT2D eigenvalue weighted by atomic mass is 32.2. The molecule has 0 bridgehead atoms. The van der Waals surface area contributed by atoms with E-state index in [0.717, 1.165) is 23.6 Å². The Kier molecular flexibility index (Phi) is 3.90. The molecule has 0 saturated carbocycles. The highest BCUT2D eigenvalue weighted by Gasteiger charge is 2.10. The van der Waals surface area contributed by atoms with E-state index in [0.29, 0.717) is 5.69 Å². The summed E-state index contributed by atoms with van der Waals surface area (Å²) in [4.78, 5) is 0. The number of fused-ring (bicyclic) bond motifs is 1. The lowest BCUT2D eigenvalue weighted by molar-refractivity contribution is 0.607. The summed E-state index contributed by atoms with van der Waals surface area (Å²) in [5.41, 5.74) is 5.35. The first-order valence-corrected chi connectivity index (χ1v) is 9.32. The molecular formula is C18H20N2O2S. The van der Waals surface area contributed by atoms with Gasteiger partial charge in [-0.3, -0.25) is 4.72 Å². The molecule has 0 aliphatic heterocycles. The molecule has 0 radical (unpaired) electrons. The van der Waals surface area contributed by atoms with Crippen LogP contribution in [0.5, 0.6) is 0 Å². The number of hydrogen-bond donors (Lipinski definition) is 1. The molecule has 23 heavy (non-hydrogen) atoms. The molecule has 1 aromatic heterocycles. The van der Waals surface area contributed by atoms with Crippen LogP contribution in [0.15, 0.2) is 48.7 Å². The Morgan fingerprint density at radius 1 is 1.09 bits per heavy atom. The summed E-state index contributed by atoms with van der Waals surface area (Å²) in [6.45, 7) is 2.07. The highest BCUT2D eigenvalue weighted by Crippen LogP contribution is 2.26. The first-order valence-electron chi connectivity index (χ1n) is 7.43. The fourth-order valence-corrected chi connectivity index (χ4v) is 3.37. The lowest BCUT2D eigenvalue weighted by atomic mass is 10.0. The normalized spacial score (nSPS) is 11.8. The Morgan fingerprint density at radius 2 is 1.78 bits per heavy atom. The molecule has 120 valence electrons. The summed E-state index contributed by atoms with van der Waals surface area (Å²) in [5, 5.41) is 1.07. The summed E-state index contributed by atoms with van der Waals surface area (Å²) in [5.74, 6) is 0. The summed E-state index contributed by atoms with van der Waals surface area (Å²) >= 11 is 0. The van der Waals surface area contributed by atoms with Crippen molar-refractivity contribution in [2.24, 2.45) is 7.05 Å². The van der Waals surface area contributed by atoms with Crippen LogP contribution in [0.4, 0.5) is 5.69 Å². The van der Waals surface area contributed by atoms with Crippen LogP contribution in [-0.4, -0.2) is 19.2 Å². The molecule has 1 heterocycles. The SMILES string of the molecule is Cc1ccc(Cc2cn(C)c3ccc(NS(C)(=O)=O)cc23)cc1. The predicted octanol–water partition coefficient (Wildman–Crippen LogP) is 3.45. The molecule has 1 N–H and O–H groups in total. The van der Waals surface area contributed by atoms with Crippen molar-refractivity contribution in [2.45, 2.75) is 13.3 Å². The molecule has 0 spiro atoms. The van der Waals surface area contributed by atoms with E-state index >= 15 is 0 Å². The molecule has 0 unspecified atom stereocenters. The molecule has 0 aliphatic rings. The number of anilines is 1. The quantitative estimate of drug-likeness (QED) is 0.797. The van der Waals surface area contributed by atoms with Gasteiger partial charge in [0.05, 0.1) is 6.26 Å². The Balaban J connectivity index is 2.02. The number of rotatable bonds is 4. The van der Waals surface area contributed by atoms with E-state index in [1.165, 1.54) is 16.7 Å². The third kappa shape index (κ3) is 3.56. The number of aromatic nitrogens is 1. The van der Waals surface area contributed by atoms with Crippen LogP contribution in [0, 0.1) is 6.92 Å². The van der Waals surface area contributed by atoms with Crippen LogP contribution in [0.25, 0.3) is 10.9 Å². The van der Waals surface area contributed by atoms with Crippen molar-refractivity contribution in [1.29, 1.82) is 0 Å². The van der Waals surface area contributed by atoms with E-state index in [4.69, 9.17) is 0 Å². The predicted molar refractivity (Wildman–Crippen MR) is 95.4 cm³/mol. The standard InChI is InChI=1S/C18H20N2O2S/c1-13-4-6-14(7-5-13)10-15-12-20(2)18-9-8-16(11-17(15)18)19-23(3,21)22/h4-9,11-12,19H,10H2,1-3H3. The zero-order valence-electron chi connectivity index (χ0n) is 13.5. The van der Waals surface area contributed by atoms with Gasteiger partial charge in [0.2, 0.25) is 10.0 Å². The van der Waals surface area contributed by atoms with Gasteiger partial charge in [-0.15, -0.1) is 0 Å². The topological polar surface area (TPSA) is 51.1 Å². The Morgan fingerprint density at radius 3 is 2.43 bits per heavy atom. The van der Waals surface area contributed by atoms with E-state index in [1.807, 2.05) is 19.2 Å². The maximum atomic E-state index is 11.4. The summed E-state index contributed by atoms with van der Waals surface area (Å²) < 4.78 is 27.5. The molecule has 5 heteroatoms. The zero-order chi connectivity index (χ0) is 16.6. The fraction of sp³-hybridized carbons (Fsp3) is 0.222. The van der Waals surface area contributed by atoms with E-state index in [-0.39, 0.29) is 0 Å². The molecular weight excluding hydrogens is 308 g/mol. The molecule has 3 aromatic rings. The number of hydrogen-bond acceptors (Lipinski definition) is 2. The Labute approximate surface area is 136 Å². The number of benzene rings is 2. The number of aryl methyl sites for hydroxylation is 2. The minimum absolute atomic E-state index is 0.594. The van der Waals surface area contributed by atoms with Gasteiger partial charge in [-0.05, 0) is 42.7 Å². The average Bonchev–Trinajstić information content (AvgIpc) is 2.76. The van der Waals surface area contributed by atoms with Crippen LogP contribution in [0.1, 0.15) is 16.7 Å². The van der Waals surface area contributed by atoms with Crippen LogP contribution in [-0.2, 0) is 23.5 Å². The van der Waals surface area contributed by atoms with E-state index < -0.39 is 10.0 Å². The second kappa shape index (κ2) is 5.74. The van der Waals surface area contributed by atoms with Crippen molar-refractivity contribution in [3.63, 3.8) is 0 Å². The summed E-state index contributed by atoms with van der Waals surface area (Å²) in [6, 6.07) is 14.1. The minimum atomic E-state index is -3.27. The van der Waals surface area contributed by atoms with E-state index in [2.05, 4.69) is 46.7 Å². The third-order valence-electron chi connectivity index (χ3n) is 3.89. The molecule has 3 rings (SSSR count). The van der Waals surface area contributed by atoms with Crippen molar-refractivity contribution >= 4 is 26.6 Å². The molecule has 0 saturated heterocycles. The van der Waals surface area contributed by atoms with Gasteiger partial charge in [-0.2, -0.15) is 0 Å². The average molecular weight is 328 g/mol. The van der Waals surface area contributed by atoms with Crippen LogP contribution in [0.2, 0.25) is 0 Å². The van der Waals surface area contributed by atoms with Gasteiger partial charge in [0, 0.05) is 29.8 Å². The van der Waals surface area contributed by atoms with Crippen molar-refractivity contribution in [2.75, 3.05) is 11.0 Å². The van der Waals surface area contributed by atoms with Crippen molar-refractivity contribution in [3.05, 3.63) is 65.4 Å². The zero-order valence-corrected chi connectivity index (χ0v) is 14.3. The number of nitrogens with zero attached hydrogens (tertiary/aromatic N) is 1. The maximum absolute atomic E-state index is 11.4. The monoisotopic (exact) mass is 328 g/mol. The number of sulfonamides is 1. The van der Waals surface area contributed by atoms with Gasteiger partial charge in [-0.1, -0.05) is 29.8 Å². The maximum Gasteiger partial charge on any atom is 0.229 e. The third-order valence-corrected chi connectivity index (χ3v) is 4.50. The first kappa shape index (κ1) is 15.6. The molecule has 0 fully saturated rings. The van der Waals surface area contributed by atoms with Crippen LogP contribution in [0.3, 0.4) is 0 Å². The van der Waals surface area contributed by atoms with Gasteiger partial charge in [0.1, 0.15) is 0 Å². The van der Waals surface area contributed by atoms with Gasteiger partial charge < -0.3 is 4.57 Å². The lowest BCUT2D eigenvalue weighted by Crippen LogP contribution is -2.09. The Bertz CT molecular complexity index is 955. The largest absolute Gasteiger partial charge is 0.350 e. The lowest BCUT2D eigenvalue weighted by Gasteiger charge is -2.06. The van der Waals surface area contributed by atoms with Crippen molar-refractivity contribution in [3.8, 4) is 0 Å². The highest BCUT2D eigenvalue weighted by molar-refractivity contribution is 7.92. The minimum Gasteiger partial charge on any atom is -0.350 e. The van der Waals surface area contributed by atoms with Crippen LogP contribution < -0.4 is 4.72 Å². The van der Waals surface area contributed by atoms with Gasteiger partial charge >= 0.3 is 0 Å². The molecule has 4 nitrogen and oxygen atoms in total. The molecule has 0 atom stereocenters. The smallest absolute Gasteiger partial charge is 0.229 e.